The number of nitrogens with one attached hydrogen (secondary N) is 1. The highest BCUT2D eigenvalue weighted by atomic mass is 16.4. The number of anilines is 1. The Morgan fingerprint density at radius 1 is 1.15 bits per heavy atom. The zero-order valence-corrected chi connectivity index (χ0v) is 11.7. The van der Waals surface area contributed by atoms with E-state index in [9.17, 15) is 14.7 Å². The third-order valence-electron chi connectivity index (χ3n) is 3.72. The number of carboxylic acids is 1. The van der Waals surface area contributed by atoms with E-state index in [0.29, 0.717) is 18.5 Å². The van der Waals surface area contributed by atoms with Crippen molar-refractivity contribution >= 4 is 17.6 Å². The van der Waals surface area contributed by atoms with Crippen LogP contribution in [-0.2, 0) is 9.59 Å². The summed E-state index contributed by atoms with van der Waals surface area (Å²) in [6, 6.07) is 7.48. The fourth-order valence-corrected chi connectivity index (χ4v) is 2.49. The summed E-state index contributed by atoms with van der Waals surface area (Å²) >= 11 is 0. The average molecular weight is 273 g/mol. The predicted molar refractivity (Wildman–Crippen MR) is 77.4 cm³/mol. The molecule has 0 saturated heterocycles. The van der Waals surface area contributed by atoms with Gasteiger partial charge in [-0.1, -0.05) is 29.3 Å². The molecule has 106 valence electrons. The summed E-state index contributed by atoms with van der Waals surface area (Å²) in [5.74, 6) is -2.26. The Kier molecular flexibility index (Phi) is 4.23. The number of amides is 1. The summed E-state index contributed by atoms with van der Waals surface area (Å²) in [4.78, 5) is 23.6. The Labute approximate surface area is 118 Å². The molecule has 2 rings (SSSR count). The first-order valence-corrected chi connectivity index (χ1v) is 6.73. The topological polar surface area (TPSA) is 66.4 Å². The van der Waals surface area contributed by atoms with Crippen LogP contribution in [0.25, 0.3) is 0 Å². The van der Waals surface area contributed by atoms with Gasteiger partial charge < -0.3 is 10.4 Å². The Hall–Kier alpha value is -2.10. The summed E-state index contributed by atoms with van der Waals surface area (Å²) in [5.41, 5.74) is 2.89. The zero-order valence-electron chi connectivity index (χ0n) is 11.7. The van der Waals surface area contributed by atoms with Crippen molar-refractivity contribution in [2.24, 2.45) is 11.8 Å². The van der Waals surface area contributed by atoms with Crippen LogP contribution in [0.4, 0.5) is 5.69 Å². The molecule has 20 heavy (non-hydrogen) atoms. The van der Waals surface area contributed by atoms with Crippen LogP contribution in [0.3, 0.4) is 0 Å². The molecule has 2 atom stereocenters. The second-order valence-corrected chi connectivity index (χ2v) is 5.40. The molecule has 0 heterocycles. The molecule has 1 aromatic rings. The SMILES string of the molecule is CC1=CCC(C(=O)O)C(C(=O)Nc2ccc(C)cc2)C1. The van der Waals surface area contributed by atoms with Crippen molar-refractivity contribution in [1.82, 2.24) is 0 Å². The van der Waals surface area contributed by atoms with Gasteiger partial charge in [0.25, 0.3) is 0 Å². The molecule has 0 bridgehead atoms. The van der Waals surface area contributed by atoms with E-state index in [1.54, 1.807) is 0 Å². The van der Waals surface area contributed by atoms with Gasteiger partial charge in [-0.15, -0.1) is 0 Å². The van der Waals surface area contributed by atoms with Gasteiger partial charge in [0, 0.05) is 5.69 Å². The molecule has 4 heteroatoms. The molecule has 0 radical (unpaired) electrons. The number of benzene rings is 1. The molecule has 0 fully saturated rings. The molecule has 1 amide bonds. The number of hydrogen-bond donors (Lipinski definition) is 2. The lowest BCUT2D eigenvalue weighted by Crippen LogP contribution is -2.35. The highest BCUT2D eigenvalue weighted by Crippen LogP contribution is 2.31. The van der Waals surface area contributed by atoms with Crippen LogP contribution in [0.1, 0.15) is 25.3 Å². The lowest BCUT2D eigenvalue weighted by atomic mass is 9.79. The molecular weight excluding hydrogens is 254 g/mol. The molecule has 2 N–H and O–H groups in total. The van der Waals surface area contributed by atoms with Crippen molar-refractivity contribution in [2.75, 3.05) is 5.32 Å². The fourth-order valence-electron chi connectivity index (χ4n) is 2.49. The number of carboxylic acid groups (broad SMARTS) is 1. The van der Waals surface area contributed by atoms with Crippen LogP contribution >= 0.6 is 0 Å². The van der Waals surface area contributed by atoms with E-state index in [-0.39, 0.29) is 5.91 Å². The average Bonchev–Trinajstić information content (AvgIpc) is 2.41. The molecule has 0 aliphatic heterocycles. The number of carbonyl (C=O) groups excluding carboxylic acids is 1. The lowest BCUT2D eigenvalue weighted by molar-refractivity contribution is -0.146. The van der Waals surface area contributed by atoms with E-state index < -0.39 is 17.8 Å². The summed E-state index contributed by atoms with van der Waals surface area (Å²) in [6.07, 6.45) is 2.84. The minimum absolute atomic E-state index is 0.214. The molecule has 0 saturated carbocycles. The Balaban J connectivity index is 2.12. The smallest absolute Gasteiger partial charge is 0.307 e. The molecule has 1 aliphatic carbocycles. The van der Waals surface area contributed by atoms with Crippen LogP contribution < -0.4 is 5.32 Å². The number of aryl methyl sites for hydroxylation is 1. The number of rotatable bonds is 3. The normalized spacial score (nSPS) is 22.0. The van der Waals surface area contributed by atoms with Gasteiger partial charge in [0.2, 0.25) is 5.91 Å². The third-order valence-corrected chi connectivity index (χ3v) is 3.72. The van der Waals surface area contributed by atoms with Gasteiger partial charge in [0.05, 0.1) is 11.8 Å². The van der Waals surface area contributed by atoms with Gasteiger partial charge in [0.15, 0.2) is 0 Å². The molecular formula is C16H19NO3. The fraction of sp³-hybridized carbons (Fsp3) is 0.375. The number of allylic oxidation sites excluding steroid dienone is 2. The first-order valence-electron chi connectivity index (χ1n) is 6.73. The summed E-state index contributed by atoms with van der Waals surface area (Å²) in [7, 11) is 0. The number of aliphatic carboxylic acids is 1. The van der Waals surface area contributed by atoms with Gasteiger partial charge in [-0.25, -0.2) is 0 Å². The van der Waals surface area contributed by atoms with E-state index in [4.69, 9.17) is 0 Å². The van der Waals surface area contributed by atoms with E-state index in [2.05, 4.69) is 5.32 Å². The van der Waals surface area contributed by atoms with Crippen LogP contribution in [0.2, 0.25) is 0 Å². The summed E-state index contributed by atoms with van der Waals surface area (Å²) in [6.45, 7) is 3.91. The minimum atomic E-state index is -0.905. The van der Waals surface area contributed by atoms with Gasteiger partial charge in [0.1, 0.15) is 0 Å². The van der Waals surface area contributed by atoms with Crippen molar-refractivity contribution < 1.29 is 14.7 Å². The van der Waals surface area contributed by atoms with Gasteiger partial charge >= 0.3 is 5.97 Å². The largest absolute Gasteiger partial charge is 0.481 e. The highest BCUT2D eigenvalue weighted by Gasteiger charge is 2.35. The van der Waals surface area contributed by atoms with Crippen LogP contribution in [0.15, 0.2) is 35.9 Å². The molecule has 4 nitrogen and oxygen atoms in total. The third kappa shape index (κ3) is 3.26. The molecule has 0 aromatic heterocycles. The van der Waals surface area contributed by atoms with Crippen molar-refractivity contribution in [3.05, 3.63) is 41.5 Å². The van der Waals surface area contributed by atoms with Gasteiger partial charge in [-0.3, -0.25) is 9.59 Å². The second-order valence-electron chi connectivity index (χ2n) is 5.40. The maximum absolute atomic E-state index is 12.3. The maximum atomic E-state index is 12.3. The first kappa shape index (κ1) is 14.3. The first-order chi connectivity index (χ1) is 9.47. The zero-order chi connectivity index (χ0) is 14.7. The van der Waals surface area contributed by atoms with Gasteiger partial charge in [-0.2, -0.15) is 0 Å². The van der Waals surface area contributed by atoms with Crippen molar-refractivity contribution in [1.29, 1.82) is 0 Å². The quantitative estimate of drug-likeness (QED) is 0.832. The summed E-state index contributed by atoms with van der Waals surface area (Å²) in [5, 5.41) is 12.1. The number of carbonyl (C=O) groups is 2. The standard InChI is InChI=1S/C16H19NO3/c1-10-3-6-12(7-4-10)17-15(18)14-9-11(2)5-8-13(14)16(19)20/h3-7,13-14H,8-9H2,1-2H3,(H,17,18)(H,19,20). The van der Waals surface area contributed by atoms with E-state index in [1.807, 2.05) is 44.2 Å². The van der Waals surface area contributed by atoms with Crippen molar-refractivity contribution in [3.8, 4) is 0 Å². The monoisotopic (exact) mass is 273 g/mol. The highest BCUT2D eigenvalue weighted by molar-refractivity contribution is 5.95. The minimum Gasteiger partial charge on any atom is -0.481 e. The van der Waals surface area contributed by atoms with E-state index >= 15 is 0 Å². The lowest BCUT2D eigenvalue weighted by Gasteiger charge is -2.26. The molecule has 2 unspecified atom stereocenters. The van der Waals surface area contributed by atoms with Crippen molar-refractivity contribution in [2.45, 2.75) is 26.7 Å². The van der Waals surface area contributed by atoms with Crippen LogP contribution in [0.5, 0.6) is 0 Å². The predicted octanol–water partition coefficient (Wildman–Crippen LogP) is 2.99. The second kappa shape index (κ2) is 5.90. The Morgan fingerprint density at radius 2 is 1.80 bits per heavy atom. The van der Waals surface area contributed by atoms with E-state index in [1.165, 1.54) is 0 Å². The Morgan fingerprint density at radius 3 is 2.40 bits per heavy atom. The van der Waals surface area contributed by atoms with Crippen LogP contribution in [0, 0.1) is 18.8 Å². The van der Waals surface area contributed by atoms with E-state index in [0.717, 1.165) is 11.1 Å². The molecule has 1 aromatic carbocycles. The maximum Gasteiger partial charge on any atom is 0.307 e. The van der Waals surface area contributed by atoms with Gasteiger partial charge in [-0.05, 0) is 38.8 Å². The molecule has 1 aliphatic rings. The number of hydrogen-bond acceptors (Lipinski definition) is 2. The molecule has 0 spiro atoms. The van der Waals surface area contributed by atoms with Crippen LogP contribution in [-0.4, -0.2) is 17.0 Å². The van der Waals surface area contributed by atoms with Crippen molar-refractivity contribution in [3.63, 3.8) is 0 Å². The summed E-state index contributed by atoms with van der Waals surface area (Å²) < 4.78 is 0. The Bertz CT molecular complexity index is 545.